The van der Waals surface area contributed by atoms with Crippen LogP contribution in [0.2, 0.25) is 0 Å². The number of ether oxygens (including phenoxy) is 3. The number of rotatable bonds is 7. The molecule has 0 aliphatic carbocycles. The van der Waals surface area contributed by atoms with Crippen LogP contribution >= 0.6 is 0 Å². The molecule has 0 aliphatic rings. The van der Waals surface area contributed by atoms with Gasteiger partial charge in [0.15, 0.2) is 0 Å². The molecule has 0 spiro atoms. The van der Waals surface area contributed by atoms with Gasteiger partial charge in [0, 0.05) is 19.2 Å². The van der Waals surface area contributed by atoms with E-state index < -0.39 is 18.3 Å². The van der Waals surface area contributed by atoms with Gasteiger partial charge < -0.3 is 19.5 Å². The van der Waals surface area contributed by atoms with Crippen LogP contribution in [-0.4, -0.2) is 32.0 Å². The molecule has 0 bridgehead atoms. The van der Waals surface area contributed by atoms with Crippen molar-refractivity contribution in [1.82, 2.24) is 0 Å². The van der Waals surface area contributed by atoms with Crippen molar-refractivity contribution in [1.29, 1.82) is 0 Å². The molecule has 0 fully saturated rings. The van der Waals surface area contributed by atoms with Crippen LogP contribution in [0, 0.1) is 0 Å². The highest BCUT2D eigenvalue weighted by Crippen LogP contribution is 2.27. The molecule has 6 nitrogen and oxygen atoms in total. The summed E-state index contributed by atoms with van der Waals surface area (Å²) in [6, 6.07) is 10.3. The molecule has 0 heterocycles. The fraction of sp³-hybridized carbons (Fsp3) is 0.263. The van der Waals surface area contributed by atoms with E-state index in [0.29, 0.717) is 11.3 Å². The highest BCUT2D eigenvalue weighted by Gasteiger charge is 2.31. The van der Waals surface area contributed by atoms with Crippen LogP contribution in [0.4, 0.5) is 18.9 Å². The summed E-state index contributed by atoms with van der Waals surface area (Å²) in [6.07, 6.45) is -4.53. The maximum Gasteiger partial charge on any atom is 0.573 e. The van der Waals surface area contributed by atoms with E-state index in [1.54, 1.807) is 12.1 Å². The Balaban J connectivity index is 2.09. The number of hydrogen-bond acceptors (Lipinski definition) is 6. The van der Waals surface area contributed by atoms with Crippen LogP contribution in [0.3, 0.4) is 0 Å². The number of methoxy groups -OCH3 is 1. The van der Waals surface area contributed by atoms with E-state index in [0.717, 1.165) is 0 Å². The maximum absolute atomic E-state index is 12.5. The summed E-state index contributed by atoms with van der Waals surface area (Å²) < 4.78 is 51.1. The zero-order valence-electron chi connectivity index (χ0n) is 15.1. The van der Waals surface area contributed by atoms with Gasteiger partial charge >= 0.3 is 18.3 Å². The SMILES string of the molecule is COC(=O)c1cc(NCCc2ccccc2OC(F)(F)F)ccc1OC(C)=O. The Kier molecular flexibility index (Phi) is 6.86. The molecule has 0 radical (unpaired) electrons. The number of anilines is 1. The van der Waals surface area contributed by atoms with E-state index in [2.05, 4.69) is 14.8 Å². The smallest absolute Gasteiger partial charge is 0.465 e. The number of carbonyl (C=O) groups excluding carboxylic acids is 2. The van der Waals surface area contributed by atoms with E-state index >= 15 is 0 Å². The topological polar surface area (TPSA) is 73.9 Å². The van der Waals surface area contributed by atoms with E-state index in [4.69, 9.17) is 4.74 Å². The number of para-hydroxylation sites is 1. The third-order valence-electron chi connectivity index (χ3n) is 3.56. The van der Waals surface area contributed by atoms with Gasteiger partial charge in [0.05, 0.1) is 7.11 Å². The van der Waals surface area contributed by atoms with E-state index in [9.17, 15) is 22.8 Å². The van der Waals surface area contributed by atoms with Crippen LogP contribution in [0.25, 0.3) is 0 Å². The maximum atomic E-state index is 12.5. The standard InChI is InChI=1S/C19H18F3NO5/c1-12(24)27-17-8-7-14(11-15(17)18(25)26-2)23-10-9-13-5-3-4-6-16(13)28-19(20,21)22/h3-8,11,23H,9-10H2,1-2H3. The predicted molar refractivity (Wildman–Crippen MR) is 94.4 cm³/mol. The molecule has 28 heavy (non-hydrogen) atoms. The molecule has 0 aliphatic heterocycles. The summed E-state index contributed by atoms with van der Waals surface area (Å²) in [6.45, 7) is 1.47. The van der Waals surface area contributed by atoms with Gasteiger partial charge in [0.2, 0.25) is 0 Å². The summed E-state index contributed by atoms with van der Waals surface area (Å²) >= 11 is 0. The number of hydrogen-bond donors (Lipinski definition) is 1. The van der Waals surface area contributed by atoms with Crippen molar-refractivity contribution < 1.29 is 37.0 Å². The molecule has 150 valence electrons. The third-order valence-corrected chi connectivity index (χ3v) is 3.56. The van der Waals surface area contributed by atoms with Crippen molar-refractivity contribution in [3.63, 3.8) is 0 Å². The molecule has 0 saturated heterocycles. The fourth-order valence-electron chi connectivity index (χ4n) is 2.43. The highest BCUT2D eigenvalue weighted by atomic mass is 19.4. The average molecular weight is 397 g/mol. The fourth-order valence-corrected chi connectivity index (χ4v) is 2.43. The van der Waals surface area contributed by atoms with Crippen molar-refractivity contribution in [2.75, 3.05) is 19.0 Å². The first-order chi connectivity index (χ1) is 13.2. The second kappa shape index (κ2) is 9.12. The highest BCUT2D eigenvalue weighted by molar-refractivity contribution is 5.94. The van der Waals surface area contributed by atoms with Gasteiger partial charge in [-0.15, -0.1) is 13.2 Å². The lowest BCUT2D eigenvalue weighted by atomic mass is 10.1. The number of esters is 2. The number of nitrogens with one attached hydrogen (secondary N) is 1. The van der Waals surface area contributed by atoms with Crippen molar-refractivity contribution in [3.05, 3.63) is 53.6 Å². The molecule has 1 N–H and O–H groups in total. The van der Waals surface area contributed by atoms with Crippen molar-refractivity contribution in [3.8, 4) is 11.5 Å². The molecule has 0 amide bonds. The van der Waals surface area contributed by atoms with Crippen LogP contribution in [0.15, 0.2) is 42.5 Å². The van der Waals surface area contributed by atoms with Gasteiger partial charge in [-0.25, -0.2) is 4.79 Å². The lowest BCUT2D eigenvalue weighted by Crippen LogP contribution is -2.18. The largest absolute Gasteiger partial charge is 0.573 e. The lowest BCUT2D eigenvalue weighted by molar-refractivity contribution is -0.274. The van der Waals surface area contributed by atoms with Crippen LogP contribution in [-0.2, 0) is 16.0 Å². The monoisotopic (exact) mass is 397 g/mol. The zero-order chi connectivity index (χ0) is 20.7. The van der Waals surface area contributed by atoms with Crippen molar-refractivity contribution >= 4 is 17.6 Å². The van der Waals surface area contributed by atoms with Gasteiger partial charge in [-0.3, -0.25) is 4.79 Å². The Labute approximate surface area is 159 Å². The zero-order valence-corrected chi connectivity index (χ0v) is 15.1. The summed E-state index contributed by atoms with van der Waals surface area (Å²) in [5.74, 6) is -1.50. The molecule has 9 heteroatoms. The van der Waals surface area contributed by atoms with E-state index in [1.165, 1.54) is 44.4 Å². The minimum Gasteiger partial charge on any atom is -0.465 e. The van der Waals surface area contributed by atoms with Crippen LogP contribution < -0.4 is 14.8 Å². The minimum absolute atomic E-state index is 0.0449. The molecular weight excluding hydrogens is 379 g/mol. The molecule has 2 rings (SSSR count). The van der Waals surface area contributed by atoms with E-state index in [1.807, 2.05) is 0 Å². The Morgan fingerprint density at radius 3 is 2.43 bits per heavy atom. The average Bonchev–Trinajstić information content (AvgIpc) is 2.62. The minimum atomic E-state index is -4.77. The number of halogens is 3. The van der Waals surface area contributed by atoms with Crippen molar-refractivity contribution in [2.45, 2.75) is 19.7 Å². The van der Waals surface area contributed by atoms with Gasteiger partial charge in [0.1, 0.15) is 17.1 Å². The quantitative estimate of drug-likeness (QED) is 0.563. The summed E-state index contributed by atoms with van der Waals surface area (Å²) in [5.41, 5.74) is 0.922. The molecule has 0 aromatic heterocycles. The Morgan fingerprint density at radius 1 is 1.07 bits per heavy atom. The van der Waals surface area contributed by atoms with Gasteiger partial charge in [0.25, 0.3) is 0 Å². The molecule has 0 atom stereocenters. The van der Waals surface area contributed by atoms with Gasteiger partial charge in [-0.2, -0.15) is 0 Å². The summed E-state index contributed by atoms with van der Waals surface area (Å²) in [4.78, 5) is 23.0. The van der Waals surface area contributed by atoms with Crippen LogP contribution in [0.5, 0.6) is 11.5 Å². The van der Waals surface area contributed by atoms with E-state index in [-0.39, 0.29) is 30.0 Å². The normalized spacial score (nSPS) is 10.9. The number of alkyl halides is 3. The first kappa shape index (κ1) is 21.1. The van der Waals surface area contributed by atoms with Crippen LogP contribution in [0.1, 0.15) is 22.8 Å². The Morgan fingerprint density at radius 2 is 1.79 bits per heavy atom. The van der Waals surface area contributed by atoms with Gasteiger partial charge in [-0.05, 0) is 36.2 Å². The first-order valence-electron chi connectivity index (χ1n) is 8.18. The second-order valence-electron chi connectivity index (χ2n) is 5.63. The predicted octanol–water partition coefficient (Wildman–Crippen LogP) is 3.95. The molecule has 0 unspecified atom stereocenters. The lowest BCUT2D eigenvalue weighted by Gasteiger charge is -2.14. The molecule has 0 saturated carbocycles. The second-order valence-corrected chi connectivity index (χ2v) is 5.63. The van der Waals surface area contributed by atoms with Gasteiger partial charge in [-0.1, -0.05) is 18.2 Å². The first-order valence-corrected chi connectivity index (χ1v) is 8.18. The molecule has 2 aromatic rings. The molecule has 2 aromatic carbocycles. The Bertz CT molecular complexity index is 852. The van der Waals surface area contributed by atoms with Crippen molar-refractivity contribution in [2.24, 2.45) is 0 Å². The third kappa shape index (κ3) is 6.19. The Hall–Kier alpha value is -3.23. The number of benzene rings is 2. The number of carbonyl (C=O) groups is 2. The summed E-state index contributed by atoms with van der Waals surface area (Å²) in [7, 11) is 1.19. The summed E-state index contributed by atoms with van der Waals surface area (Å²) in [5, 5.41) is 3.00. The molecular formula is C19H18F3NO5.